The van der Waals surface area contributed by atoms with Gasteiger partial charge in [-0.05, 0) is 30.5 Å². The van der Waals surface area contributed by atoms with Crippen molar-refractivity contribution < 1.29 is 9.53 Å². The van der Waals surface area contributed by atoms with Crippen molar-refractivity contribution in [1.29, 1.82) is 0 Å². The molecular formula is C23H24N2O2. The Morgan fingerprint density at radius 3 is 2.48 bits per heavy atom. The van der Waals surface area contributed by atoms with Crippen LogP contribution in [0, 0.1) is 22.5 Å². The SMILES string of the molecule is C[C@]12C=CCC[C@H]1C=[N+]([O-])C(=O)[C@H]2[C@H](Nc1ccccc1)c1ccccc1. The van der Waals surface area contributed by atoms with Crippen LogP contribution < -0.4 is 5.32 Å². The number of nitrogens with zero attached hydrogens (tertiary/aromatic N) is 1. The monoisotopic (exact) mass is 360 g/mol. The van der Waals surface area contributed by atoms with E-state index >= 15 is 0 Å². The number of benzene rings is 2. The van der Waals surface area contributed by atoms with Gasteiger partial charge in [0.1, 0.15) is 5.92 Å². The van der Waals surface area contributed by atoms with Crippen LogP contribution in [0.4, 0.5) is 5.69 Å². The van der Waals surface area contributed by atoms with Crippen LogP contribution in [0.1, 0.15) is 31.4 Å². The molecule has 2 aliphatic rings. The van der Waals surface area contributed by atoms with Crippen molar-refractivity contribution in [2.75, 3.05) is 5.32 Å². The molecule has 1 heterocycles. The maximum atomic E-state index is 13.1. The molecule has 1 aliphatic heterocycles. The molecule has 2 aromatic rings. The second-order valence-electron chi connectivity index (χ2n) is 7.64. The van der Waals surface area contributed by atoms with E-state index in [9.17, 15) is 10.0 Å². The van der Waals surface area contributed by atoms with Gasteiger partial charge >= 0.3 is 5.91 Å². The third-order valence-corrected chi connectivity index (χ3v) is 5.98. The zero-order valence-electron chi connectivity index (χ0n) is 15.4. The molecule has 0 saturated carbocycles. The van der Waals surface area contributed by atoms with E-state index in [1.54, 1.807) is 6.21 Å². The minimum absolute atomic E-state index is 0.0616. The predicted molar refractivity (Wildman–Crippen MR) is 107 cm³/mol. The summed E-state index contributed by atoms with van der Waals surface area (Å²) in [6, 6.07) is 19.5. The average molecular weight is 360 g/mol. The third kappa shape index (κ3) is 3.16. The lowest BCUT2D eigenvalue weighted by atomic mass is 9.60. The molecule has 0 spiro atoms. The Hall–Kier alpha value is -2.88. The van der Waals surface area contributed by atoms with E-state index in [2.05, 4.69) is 24.4 Å². The first-order valence-corrected chi connectivity index (χ1v) is 9.49. The van der Waals surface area contributed by atoms with E-state index in [4.69, 9.17) is 0 Å². The fraction of sp³-hybridized carbons (Fsp3) is 0.304. The fourth-order valence-electron chi connectivity index (χ4n) is 4.49. The molecule has 0 radical (unpaired) electrons. The van der Waals surface area contributed by atoms with Crippen LogP contribution in [-0.2, 0) is 4.79 Å². The maximum absolute atomic E-state index is 13.1. The summed E-state index contributed by atoms with van der Waals surface area (Å²) >= 11 is 0. The summed E-state index contributed by atoms with van der Waals surface area (Å²) in [7, 11) is 0. The van der Waals surface area contributed by atoms with Gasteiger partial charge in [0.2, 0.25) is 0 Å². The van der Waals surface area contributed by atoms with Crippen LogP contribution in [0.25, 0.3) is 0 Å². The number of anilines is 1. The van der Waals surface area contributed by atoms with Gasteiger partial charge in [0.05, 0.1) is 6.04 Å². The molecule has 1 N–H and O–H groups in total. The summed E-state index contributed by atoms with van der Waals surface area (Å²) in [6.07, 6.45) is 7.70. The number of hydrogen-bond acceptors (Lipinski definition) is 3. The van der Waals surface area contributed by atoms with Gasteiger partial charge in [-0.25, -0.2) is 4.79 Å². The maximum Gasteiger partial charge on any atom is 0.404 e. The number of fused-ring (bicyclic) bond motifs is 1. The highest BCUT2D eigenvalue weighted by atomic mass is 16.5. The molecular weight excluding hydrogens is 336 g/mol. The van der Waals surface area contributed by atoms with E-state index in [0.717, 1.165) is 24.1 Å². The molecule has 4 atom stereocenters. The number of hydrogen-bond donors (Lipinski definition) is 1. The fourth-order valence-corrected chi connectivity index (χ4v) is 4.49. The minimum atomic E-state index is -0.482. The standard InChI is InChI=1S/C23H24N2O2/c1-23-15-9-8-12-18(23)16-25(27)22(26)20(23)21(17-10-4-2-5-11-17)24-19-13-6-3-7-14-19/h2-7,9-11,13-16,18,20-21,24H,8,12H2,1H3/t18-,20+,21+,23-/m0/s1. The Kier molecular flexibility index (Phi) is 4.56. The first-order valence-electron chi connectivity index (χ1n) is 9.49. The van der Waals surface area contributed by atoms with Crippen molar-refractivity contribution in [3.63, 3.8) is 0 Å². The Balaban J connectivity index is 1.82. The largest absolute Gasteiger partial charge is 0.616 e. The Labute approximate surface area is 159 Å². The molecule has 2 aromatic carbocycles. The summed E-state index contributed by atoms with van der Waals surface area (Å²) in [4.78, 5) is 13.1. The number of carbonyl (C=O) groups excluding carboxylic acids is 1. The first kappa shape index (κ1) is 17.5. The van der Waals surface area contributed by atoms with Gasteiger partial charge in [-0.3, -0.25) is 0 Å². The van der Waals surface area contributed by atoms with Gasteiger partial charge in [-0.1, -0.05) is 67.6 Å². The number of rotatable bonds is 4. The predicted octanol–water partition coefficient (Wildman–Crippen LogP) is 4.55. The van der Waals surface area contributed by atoms with Crippen molar-refractivity contribution in [2.24, 2.45) is 17.3 Å². The Morgan fingerprint density at radius 1 is 1.11 bits per heavy atom. The zero-order chi connectivity index (χ0) is 18.9. The summed E-state index contributed by atoms with van der Waals surface area (Å²) < 4.78 is 0.568. The molecule has 27 heavy (non-hydrogen) atoms. The first-order chi connectivity index (χ1) is 13.1. The quantitative estimate of drug-likeness (QED) is 0.494. The van der Waals surface area contributed by atoms with Gasteiger partial charge in [-0.15, -0.1) is 4.74 Å². The van der Waals surface area contributed by atoms with Crippen molar-refractivity contribution in [1.82, 2.24) is 0 Å². The van der Waals surface area contributed by atoms with Crippen LogP contribution in [-0.4, -0.2) is 16.9 Å². The number of para-hydroxylation sites is 1. The van der Waals surface area contributed by atoms with Crippen LogP contribution in [0.15, 0.2) is 72.8 Å². The van der Waals surface area contributed by atoms with E-state index in [0.29, 0.717) is 4.74 Å². The van der Waals surface area contributed by atoms with Gasteiger partial charge in [0.25, 0.3) is 0 Å². The van der Waals surface area contributed by atoms with E-state index in [-0.39, 0.29) is 17.9 Å². The summed E-state index contributed by atoms with van der Waals surface area (Å²) in [5.74, 6) is -0.798. The molecule has 1 amide bonds. The third-order valence-electron chi connectivity index (χ3n) is 5.98. The summed E-state index contributed by atoms with van der Waals surface area (Å²) in [6.45, 7) is 2.11. The topological polar surface area (TPSA) is 55.2 Å². The summed E-state index contributed by atoms with van der Waals surface area (Å²) in [5.41, 5.74) is 1.55. The number of nitrogens with one attached hydrogen (secondary N) is 1. The van der Waals surface area contributed by atoms with E-state index < -0.39 is 11.3 Å². The lowest BCUT2D eigenvalue weighted by Crippen LogP contribution is -2.52. The van der Waals surface area contributed by atoms with Gasteiger partial charge in [0.15, 0.2) is 6.21 Å². The highest BCUT2D eigenvalue weighted by Crippen LogP contribution is 2.50. The van der Waals surface area contributed by atoms with E-state index in [1.807, 2.05) is 60.7 Å². The van der Waals surface area contributed by atoms with Gasteiger partial charge in [0, 0.05) is 17.0 Å². The molecule has 0 aromatic heterocycles. The Bertz CT molecular complexity index is 876. The molecule has 4 rings (SSSR count). The van der Waals surface area contributed by atoms with Crippen LogP contribution in [0.5, 0.6) is 0 Å². The minimum Gasteiger partial charge on any atom is -0.616 e. The van der Waals surface area contributed by atoms with Crippen molar-refractivity contribution in [3.05, 3.63) is 83.6 Å². The lowest BCUT2D eigenvalue weighted by molar-refractivity contribution is -0.395. The smallest absolute Gasteiger partial charge is 0.404 e. The number of hydroxylamine groups is 1. The highest BCUT2D eigenvalue weighted by molar-refractivity contribution is 5.82. The Morgan fingerprint density at radius 2 is 1.78 bits per heavy atom. The van der Waals surface area contributed by atoms with Crippen molar-refractivity contribution in [2.45, 2.75) is 25.8 Å². The van der Waals surface area contributed by atoms with E-state index in [1.165, 1.54) is 0 Å². The lowest BCUT2D eigenvalue weighted by Gasteiger charge is -2.45. The molecule has 0 fully saturated rings. The molecule has 4 nitrogen and oxygen atoms in total. The number of allylic oxidation sites excluding steroid dienone is 2. The summed E-state index contributed by atoms with van der Waals surface area (Å²) in [5, 5.41) is 16.0. The molecule has 0 unspecified atom stereocenters. The normalized spacial score (nSPS) is 28.2. The van der Waals surface area contributed by atoms with Crippen molar-refractivity contribution in [3.8, 4) is 0 Å². The molecule has 138 valence electrons. The zero-order valence-corrected chi connectivity index (χ0v) is 15.4. The second-order valence-corrected chi connectivity index (χ2v) is 7.64. The van der Waals surface area contributed by atoms with Gasteiger partial charge in [-0.2, -0.15) is 0 Å². The number of carbonyl (C=O) groups is 1. The second kappa shape index (κ2) is 7.03. The highest BCUT2D eigenvalue weighted by Gasteiger charge is 2.55. The average Bonchev–Trinajstić information content (AvgIpc) is 2.70. The molecule has 4 heteroatoms. The number of amides is 1. The molecule has 1 aliphatic carbocycles. The van der Waals surface area contributed by atoms with Crippen LogP contribution in [0.2, 0.25) is 0 Å². The van der Waals surface area contributed by atoms with Crippen LogP contribution in [0.3, 0.4) is 0 Å². The van der Waals surface area contributed by atoms with Crippen LogP contribution >= 0.6 is 0 Å². The molecule has 0 saturated heterocycles. The van der Waals surface area contributed by atoms with Gasteiger partial charge < -0.3 is 10.5 Å². The molecule has 0 bridgehead atoms. The van der Waals surface area contributed by atoms with Crippen molar-refractivity contribution >= 4 is 17.8 Å².